The number of hydrogen-bond acceptors (Lipinski definition) is 3. The van der Waals surface area contributed by atoms with Crippen molar-refractivity contribution in [2.75, 3.05) is 25.0 Å². The van der Waals surface area contributed by atoms with Crippen LogP contribution in [0.25, 0.3) is 0 Å². The first-order chi connectivity index (χ1) is 12.0. The average molecular weight is 384 g/mol. The van der Waals surface area contributed by atoms with E-state index in [4.69, 9.17) is 23.2 Å². The molecule has 3 rings (SSSR count). The van der Waals surface area contributed by atoms with Gasteiger partial charge < -0.3 is 15.5 Å². The maximum atomic E-state index is 12.1. The molecule has 136 valence electrons. The molecule has 2 fully saturated rings. The van der Waals surface area contributed by atoms with Gasteiger partial charge >= 0.3 is 0 Å². The highest BCUT2D eigenvalue weighted by Gasteiger charge is 2.29. The average Bonchev–Trinajstić information content (AvgIpc) is 3.41. The summed E-state index contributed by atoms with van der Waals surface area (Å²) in [5.74, 6) is 0.240. The molecular formula is C18H23Cl2N3O2. The van der Waals surface area contributed by atoms with Gasteiger partial charge in [0.15, 0.2) is 0 Å². The number of nitrogens with one attached hydrogen (secondary N) is 2. The zero-order valence-corrected chi connectivity index (χ0v) is 15.6. The van der Waals surface area contributed by atoms with E-state index in [2.05, 4.69) is 15.5 Å². The molecule has 7 heteroatoms. The van der Waals surface area contributed by atoms with Crippen LogP contribution in [0.4, 0.5) is 5.69 Å². The summed E-state index contributed by atoms with van der Waals surface area (Å²) in [4.78, 5) is 26.4. The summed E-state index contributed by atoms with van der Waals surface area (Å²) in [6.45, 7) is 2.39. The number of piperidine rings is 1. The van der Waals surface area contributed by atoms with Crippen LogP contribution in [0.2, 0.25) is 10.0 Å². The zero-order chi connectivity index (χ0) is 17.8. The predicted octanol–water partition coefficient (Wildman–Crippen LogP) is 3.31. The molecule has 5 nitrogen and oxygen atoms in total. The van der Waals surface area contributed by atoms with E-state index in [0.717, 1.165) is 38.8 Å². The molecule has 2 amide bonds. The van der Waals surface area contributed by atoms with Crippen molar-refractivity contribution >= 4 is 40.7 Å². The molecule has 1 aliphatic carbocycles. The fourth-order valence-electron chi connectivity index (χ4n) is 3.03. The normalized spacial score (nSPS) is 18.8. The standard InChI is InChI=1S/C18H23Cl2N3O2/c19-13-1-4-15(20)16(11-13)22-17(24)7-10-23-8-5-12(6-9-23)18(25)21-14-2-3-14/h1,4,11-12,14H,2-3,5-10H2,(H,21,25)(H,22,24). The zero-order valence-electron chi connectivity index (χ0n) is 14.1. The second-order valence-electron chi connectivity index (χ2n) is 6.82. The number of hydrogen-bond donors (Lipinski definition) is 2. The van der Waals surface area contributed by atoms with Crippen LogP contribution in [0.5, 0.6) is 0 Å². The third-order valence-corrected chi connectivity index (χ3v) is 5.30. The van der Waals surface area contributed by atoms with Gasteiger partial charge in [-0.05, 0) is 57.0 Å². The molecule has 0 radical (unpaired) electrons. The number of halogens is 2. The van der Waals surface area contributed by atoms with Gasteiger partial charge in [-0.2, -0.15) is 0 Å². The Morgan fingerprint density at radius 2 is 1.84 bits per heavy atom. The molecule has 1 aromatic rings. The third-order valence-electron chi connectivity index (χ3n) is 4.74. The Morgan fingerprint density at radius 1 is 1.12 bits per heavy atom. The van der Waals surface area contributed by atoms with Crippen LogP contribution >= 0.6 is 23.2 Å². The van der Waals surface area contributed by atoms with E-state index in [1.165, 1.54) is 0 Å². The number of amides is 2. The van der Waals surface area contributed by atoms with Crippen molar-refractivity contribution in [1.29, 1.82) is 0 Å². The minimum absolute atomic E-state index is 0.0854. The molecule has 1 heterocycles. The quantitative estimate of drug-likeness (QED) is 0.791. The SMILES string of the molecule is O=C(CCN1CCC(C(=O)NC2CC2)CC1)Nc1cc(Cl)ccc1Cl. The largest absolute Gasteiger partial charge is 0.353 e. The highest BCUT2D eigenvalue weighted by molar-refractivity contribution is 6.35. The summed E-state index contributed by atoms with van der Waals surface area (Å²) in [6, 6.07) is 5.42. The van der Waals surface area contributed by atoms with Gasteiger partial charge in [0.2, 0.25) is 11.8 Å². The van der Waals surface area contributed by atoms with Crippen LogP contribution in [-0.4, -0.2) is 42.4 Å². The molecule has 0 aromatic heterocycles. The lowest BCUT2D eigenvalue weighted by Gasteiger charge is -2.31. The number of carbonyl (C=O) groups excluding carboxylic acids is 2. The van der Waals surface area contributed by atoms with Gasteiger partial charge in [-0.1, -0.05) is 23.2 Å². The van der Waals surface area contributed by atoms with E-state index in [1.54, 1.807) is 18.2 Å². The van der Waals surface area contributed by atoms with Gasteiger partial charge in [0.05, 0.1) is 10.7 Å². The summed E-state index contributed by atoms with van der Waals surface area (Å²) < 4.78 is 0. The van der Waals surface area contributed by atoms with Gasteiger partial charge in [-0.25, -0.2) is 0 Å². The minimum Gasteiger partial charge on any atom is -0.353 e. The van der Waals surface area contributed by atoms with Gasteiger partial charge in [0.1, 0.15) is 0 Å². The molecule has 1 saturated carbocycles. The Balaban J connectivity index is 1.38. The first-order valence-electron chi connectivity index (χ1n) is 8.79. The third kappa shape index (κ3) is 5.59. The van der Waals surface area contributed by atoms with Crippen molar-refractivity contribution in [3.63, 3.8) is 0 Å². The summed E-state index contributed by atoms with van der Waals surface area (Å²) >= 11 is 12.0. The van der Waals surface area contributed by atoms with Crippen molar-refractivity contribution in [2.24, 2.45) is 5.92 Å². The fraction of sp³-hybridized carbons (Fsp3) is 0.556. The van der Waals surface area contributed by atoms with E-state index in [-0.39, 0.29) is 17.7 Å². The number of rotatable bonds is 6. The number of nitrogens with zero attached hydrogens (tertiary/aromatic N) is 1. The minimum atomic E-state index is -0.0854. The number of anilines is 1. The Hall–Kier alpha value is -1.30. The van der Waals surface area contributed by atoms with Gasteiger partial charge in [-0.3, -0.25) is 9.59 Å². The molecule has 0 unspecified atom stereocenters. The van der Waals surface area contributed by atoms with Crippen LogP contribution in [-0.2, 0) is 9.59 Å². The van der Waals surface area contributed by atoms with Crippen molar-refractivity contribution in [3.05, 3.63) is 28.2 Å². The van der Waals surface area contributed by atoms with Crippen molar-refractivity contribution in [1.82, 2.24) is 10.2 Å². The smallest absolute Gasteiger partial charge is 0.225 e. The van der Waals surface area contributed by atoms with Gasteiger partial charge in [0.25, 0.3) is 0 Å². The van der Waals surface area contributed by atoms with Crippen molar-refractivity contribution < 1.29 is 9.59 Å². The molecule has 1 aromatic carbocycles. The molecule has 2 aliphatic rings. The first-order valence-corrected chi connectivity index (χ1v) is 9.54. The Morgan fingerprint density at radius 3 is 2.52 bits per heavy atom. The van der Waals surface area contributed by atoms with E-state index in [1.807, 2.05) is 0 Å². The van der Waals surface area contributed by atoms with Crippen LogP contribution in [0.1, 0.15) is 32.1 Å². The summed E-state index contributed by atoms with van der Waals surface area (Å²) in [6.07, 6.45) is 4.36. The maximum Gasteiger partial charge on any atom is 0.225 e. The Bertz CT molecular complexity index is 641. The summed E-state index contributed by atoms with van der Waals surface area (Å²) in [5, 5.41) is 6.89. The van der Waals surface area contributed by atoms with Crippen LogP contribution in [0, 0.1) is 5.92 Å². The highest BCUT2D eigenvalue weighted by atomic mass is 35.5. The summed E-state index contributed by atoms with van der Waals surface area (Å²) in [5.41, 5.74) is 0.537. The lowest BCUT2D eigenvalue weighted by molar-refractivity contribution is -0.126. The lowest BCUT2D eigenvalue weighted by atomic mass is 9.96. The van der Waals surface area contributed by atoms with E-state index in [9.17, 15) is 9.59 Å². The van der Waals surface area contributed by atoms with Crippen LogP contribution in [0.15, 0.2) is 18.2 Å². The monoisotopic (exact) mass is 383 g/mol. The Kier molecular flexibility index (Phi) is 6.20. The molecule has 0 bridgehead atoms. The van der Waals surface area contributed by atoms with E-state index < -0.39 is 0 Å². The first kappa shape index (κ1) is 18.5. The van der Waals surface area contributed by atoms with Crippen LogP contribution in [0.3, 0.4) is 0 Å². The Labute approximate surface area is 158 Å². The topological polar surface area (TPSA) is 61.4 Å². The van der Waals surface area contributed by atoms with E-state index >= 15 is 0 Å². The predicted molar refractivity (Wildman–Crippen MR) is 100 cm³/mol. The van der Waals surface area contributed by atoms with Crippen molar-refractivity contribution in [2.45, 2.75) is 38.1 Å². The van der Waals surface area contributed by atoms with Crippen molar-refractivity contribution in [3.8, 4) is 0 Å². The number of benzene rings is 1. The lowest BCUT2D eigenvalue weighted by Crippen LogP contribution is -2.41. The van der Waals surface area contributed by atoms with E-state index in [0.29, 0.717) is 34.7 Å². The molecule has 1 aliphatic heterocycles. The summed E-state index contributed by atoms with van der Waals surface area (Å²) in [7, 11) is 0. The van der Waals surface area contributed by atoms with Gasteiger partial charge in [0, 0.05) is 29.9 Å². The number of likely N-dealkylation sites (tertiary alicyclic amines) is 1. The molecule has 0 spiro atoms. The molecule has 25 heavy (non-hydrogen) atoms. The highest BCUT2D eigenvalue weighted by Crippen LogP contribution is 2.26. The van der Waals surface area contributed by atoms with Gasteiger partial charge in [-0.15, -0.1) is 0 Å². The maximum absolute atomic E-state index is 12.1. The molecule has 1 saturated heterocycles. The molecule has 2 N–H and O–H groups in total. The molecule has 0 atom stereocenters. The fourth-order valence-corrected chi connectivity index (χ4v) is 3.37. The number of carbonyl (C=O) groups is 2. The second-order valence-corrected chi connectivity index (χ2v) is 7.66. The molecular weight excluding hydrogens is 361 g/mol. The second kappa shape index (κ2) is 8.39. The van der Waals surface area contributed by atoms with Crippen LogP contribution < -0.4 is 10.6 Å².